The van der Waals surface area contributed by atoms with Gasteiger partial charge in [0.15, 0.2) is 10.9 Å². The van der Waals surface area contributed by atoms with E-state index in [9.17, 15) is 13.2 Å². The number of aromatic nitrogens is 2. The monoisotopic (exact) mass is 606 g/mol. The van der Waals surface area contributed by atoms with Crippen LogP contribution in [0.3, 0.4) is 0 Å². The molecule has 7 nitrogen and oxygen atoms in total. The number of carbonyl (C=O) groups is 1. The van der Waals surface area contributed by atoms with Crippen molar-refractivity contribution in [2.45, 2.75) is 42.0 Å². The van der Waals surface area contributed by atoms with E-state index < -0.39 is 15.9 Å². The minimum Gasteiger partial charge on any atom is -0.321 e. The third kappa shape index (κ3) is 7.35. The number of hydrogen-bond acceptors (Lipinski definition) is 6. The summed E-state index contributed by atoms with van der Waals surface area (Å²) >= 11 is 7.67. The number of amides is 1. The number of anilines is 1. The van der Waals surface area contributed by atoms with Gasteiger partial charge in [0.2, 0.25) is 10.0 Å². The van der Waals surface area contributed by atoms with Crippen molar-refractivity contribution >= 4 is 45.0 Å². The van der Waals surface area contributed by atoms with Crippen molar-refractivity contribution in [2.24, 2.45) is 5.92 Å². The molecule has 1 aliphatic heterocycles. The lowest BCUT2D eigenvalue weighted by atomic mass is 9.91. The van der Waals surface area contributed by atoms with Crippen LogP contribution in [0.15, 0.2) is 95.1 Å². The van der Waals surface area contributed by atoms with Crippen molar-refractivity contribution in [3.05, 3.63) is 112 Å². The van der Waals surface area contributed by atoms with Crippen molar-refractivity contribution in [2.75, 3.05) is 18.4 Å². The van der Waals surface area contributed by atoms with Crippen LogP contribution in [-0.2, 0) is 22.2 Å². The largest absolute Gasteiger partial charge is 0.321 e. The van der Waals surface area contributed by atoms with Crippen molar-refractivity contribution in [3.63, 3.8) is 0 Å². The van der Waals surface area contributed by atoms with Gasteiger partial charge in [0.05, 0.1) is 16.1 Å². The van der Waals surface area contributed by atoms with Gasteiger partial charge in [0.25, 0.3) is 5.91 Å². The number of rotatable bonds is 9. The predicted octanol–water partition coefficient (Wildman–Crippen LogP) is 6.63. The molecule has 0 unspecified atom stereocenters. The molecule has 0 spiro atoms. The number of carbonyl (C=O) groups excluding carboxylic acids is 1. The number of benzene rings is 3. The van der Waals surface area contributed by atoms with Crippen LogP contribution >= 0.6 is 23.4 Å². The molecule has 1 amide bonds. The predicted molar refractivity (Wildman–Crippen MR) is 164 cm³/mol. The van der Waals surface area contributed by atoms with Crippen LogP contribution in [0.25, 0.3) is 0 Å². The standard InChI is InChI=1S/C31H31ClN4O3S2/c1-22-7-5-6-10-25(22)21-40-31-33-20-28(32)29(35-31)30(37)34-26-11-13-27(14-12-26)41(38,39)36-17-15-24(16-18-36)19-23-8-3-2-4-9-23/h2-14,20,24H,15-19,21H2,1H3,(H,34,37). The van der Waals surface area contributed by atoms with E-state index in [2.05, 4.69) is 27.4 Å². The summed E-state index contributed by atoms with van der Waals surface area (Å²) in [7, 11) is -3.62. The summed E-state index contributed by atoms with van der Waals surface area (Å²) in [5.74, 6) is 0.637. The molecule has 10 heteroatoms. The summed E-state index contributed by atoms with van der Waals surface area (Å²) in [6, 6.07) is 24.6. The summed E-state index contributed by atoms with van der Waals surface area (Å²) in [4.78, 5) is 21.8. The molecule has 0 aliphatic carbocycles. The highest BCUT2D eigenvalue weighted by Crippen LogP contribution is 2.28. The molecule has 2 heterocycles. The molecule has 1 aliphatic rings. The zero-order valence-corrected chi connectivity index (χ0v) is 25.1. The Morgan fingerprint density at radius 1 is 1.00 bits per heavy atom. The molecule has 1 N–H and O–H groups in total. The van der Waals surface area contributed by atoms with Crippen LogP contribution < -0.4 is 5.32 Å². The van der Waals surface area contributed by atoms with E-state index in [0.29, 0.717) is 35.6 Å². The van der Waals surface area contributed by atoms with Crippen LogP contribution in [0.2, 0.25) is 5.02 Å². The molecule has 1 aromatic heterocycles. The first kappa shape index (κ1) is 29.3. The van der Waals surface area contributed by atoms with Gasteiger partial charge in [-0.15, -0.1) is 0 Å². The minimum absolute atomic E-state index is 0.0593. The Balaban J connectivity index is 1.19. The van der Waals surface area contributed by atoms with E-state index in [0.717, 1.165) is 24.8 Å². The van der Waals surface area contributed by atoms with Gasteiger partial charge in [-0.3, -0.25) is 4.79 Å². The lowest BCUT2D eigenvalue weighted by molar-refractivity contribution is 0.102. The molecule has 0 bridgehead atoms. The van der Waals surface area contributed by atoms with Gasteiger partial charge in [-0.2, -0.15) is 4.31 Å². The molecule has 4 aromatic rings. The van der Waals surface area contributed by atoms with E-state index in [-0.39, 0.29) is 15.6 Å². The fourth-order valence-corrected chi connectivity index (χ4v) is 7.38. The summed E-state index contributed by atoms with van der Waals surface area (Å²) in [6.07, 6.45) is 4.04. The first-order valence-corrected chi connectivity index (χ1v) is 16.3. The minimum atomic E-state index is -3.62. The Hall–Kier alpha value is -3.24. The molecular formula is C31H31ClN4O3S2. The molecular weight excluding hydrogens is 576 g/mol. The van der Waals surface area contributed by atoms with Crippen LogP contribution in [0.4, 0.5) is 5.69 Å². The van der Waals surface area contributed by atoms with Crippen molar-refractivity contribution in [3.8, 4) is 0 Å². The van der Waals surface area contributed by atoms with Gasteiger partial charge in [-0.25, -0.2) is 18.4 Å². The Labute approximate surface area is 250 Å². The molecule has 1 saturated heterocycles. The van der Waals surface area contributed by atoms with Crippen LogP contribution in [-0.4, -0.2) is 41.7 Å². The SMILES string of the molecule is Cc1ccccc1CSc1ncc(Cl)c(C(=O)Nc2ccc(S(=O)(=O)N3CCC(Cc4ccccc4)CC3)cc2)n1. The third-order valence-corrected chi connectivity index (χ3v) is 10.3. The summed E-state index contributed by atoms with van der Waals surface area (Å²) < 4.78 is 28.1. The number of nitrogens with one attached hydrogen (secondary N) is 1. The number of hydrogen-bond donors (Lipinski definition) is 1. The van der Waals surface area contributed by atoms with Gasteiger partial charge >= 0.3 is 0 Å². The van der Waals surface area contributed by atoms with E-state index in [1.165, 1.54) is 41.2 Å². The van der Waals surface area contributed by atoms with Crippen molar-refractivity contribution in [1.29, 1.82) is 0 Å². The van der Waals surface area contributed by atoms with E-state index in [1.54, 1.807) is 16.4 Å². The maximum Gasteiger partial charge on any atom is 0.275 e. The second-order valence-electron chi connectivity index (χ2n) is 10.1. The number of piperidine rings is 1. The third-order valence-electron chi connectivity index (χ3n) is 7.25. The van der Waals surface area contributed by atoms with Crippen molar-refractivity contribution in [1.82, 2.24) is 14.3 Å². The maximum atomic E-state index is 13.3. The second kappa shape index (κ2) is 13.2. The van der Waals surface area contributed by atoms with E-state index in [4.69, 9.17) is 11.6 Å². The number of thioether (sulfide) groups is 1. The molecule has 0 saturated carbocycles. The zero-order chi connectivity index (χ0) is 28.8. The maximum absolute atomic E-state index is 13.3. The van der Waals surface area contributed by atoms with Gasteiger partial charge < -0.3 is 5.32 Å². The molecule has 1 fully saturated rings. The Morgan fingerprint density at radius 3 is 2.39 bits per heavy atom. The van der Waals surface area contributed by atoms with E-state index >= 15 is 0 Å². The fourth-order valence-electron chi connectivity index (χ4n) is 4.84. The first-order valence-electron chi connectivity index (χ1n) is 13.4. The Morgan fingerprint density at radius 2 is 1.68 bits per heavy atom. The smallest absolute Gasteiger partial charge is 0.275 e. The zero-order valence-electron chi connectivity index (χ0n) is 22.7. The topological polar surface area (TPSA) is 92.3 Å². The highest BCUT2D eigenvalue weighted by atomic mass is 35.5. The average Bonchev–Trinajstić information content (AvgIpc) is 2.98. The Bertz CT molecular complexity index is 1610. The lowest BCUT2D eigenvalue weighted by Crippen LogP contribution is -2.38. The summed E-state index contributed by atoms with van der Waals surface area (Å²) in [6.45, 7) is 3.03. The molecule has 41 heavy (non-hydrogen) atoms. The lowest BCUT2D eigenvalue weighted by Gasteiger charge is -2.31. The highest BCUT2D eigenvalue weighted by Gasteiger charge is 2.29. The van der Waals surface area contributed by atoms with Gasteiger partial charge in [-0.05, 0) is 73.1 Å². The van der Waals surface area contributed by atoms with Crippen LogP contribution in [0.5, 0.6) is 0 Å². The van der Waals surface area contributed by atoms with E-state index in [1.807, 2.05) is 49.4 Å². The molecule has 212 valence electrons. The van der Waals surface area contributed by atoms with Gasteiger partial charge in [-0.1, -0.05) is 78.0 Å². The van der Waals surface area contributed by atoms with Crippen LogP contribution in [0.1, 0.15) is 40.0 Å². The summed E-state index contributed by atoms with van der Waals surface area (Å²) in [5, 5.41) is 3.34. The fraction of sp³-hybridized carbons (Fsp3) is 0.258. The molecule has 5 rings (SSSR count). The average molecular weight is 607 g/mol. The molecule has 3 aromatic carbocycles. The quantitative estimate of drug-likeness (QED) is 0.170. The molecule has 0 atom stereocenters. The van der Waals surface area contributed by atoms with Crippen molar-refractivity contribution < 1.29 is 13.2 Å². The second-order valence-corrected chi connectivity index (χ2v) is 13.4. The summed E-state index contributed by atoms with van der Waals surface area (Å²) in [5.41, 5.74) is 4.12. The van der Waals surface area contributed by atoms with Gasteiger partial charge in [0, 0.05) is 24.5 Å². The number of aryl methyl sites for hydroxylation is 1. The molecule has 0 radical (unpaired) electrons. The van der Waals surface area contributed by atoms with Gasteiger partial charge in [0.1, 0.15) is 0 Å². The highest BCUT2D eigenvalue weighted by molar-refractivity contribution is 7.98. The Kier molecular flexibility index (Phi) is 9.39. The number of nitrogens with zero attached hydrogens (tertiary/aromatic N) is 3. The number of halogens is 1. The van der Waals surface area contributed by atoms with Crippen LogP contribution in [0, 0.1) is 12.8 Å². The normalized spacial score (nSPS) is 14.6. The first-order chi connectivity index (χ1) is 19.8. The number of sulfonamides is 1.